The number of halogens is 3. The molecule has 2 nitrogen and oxygen atoms in total. The van der Waals surface area contributed by atoms with E-state index in [0.717, 1.165) is 29.9 Å². The van der Waals surface area contributed by atoms with Crippen molar-refractivity contribution >= 4 is 0 Å². The van der Waals surface area contributed by atoms with Crippen LogP contribution in [0.3, 0.4) is 0 Å². The number of rotatable bonds is 2. The minimum absolute atomic E-state index is 0.609. The van der Waals surface area contributed by atoms with Crippen molar-refractivity contribution in [3.8, 4) is 11.4 Å². The molecule has 1 aromatic heterocycles. The maximum Gasteiger partial charge on any atom is 0.416 e. The lowest BCUT2D eigenvalue weighted by Crippen LogP contribution is -2.04. The first kappa shape index (κ1) is 12.7. The van der Waals surface area contributed by atoms with Crippen LogP contribution in [-0.2, 0) is 12.6 Å². The van der Waals surface area contributed by atoms with Gasteiger partial charge < -0.3 is 4.98 Å². The maximum atomic E-state index is 12.4. The molecule has 1 N–H and O–H groups in total. The molecular formula is C13H13F3N2. The maximum absolute atomic E-state index is 12.4. The number of H-pyrrole nitrogens is 1. The third-order valence-electron chi connectivity index (χ3n) is 2.81. The Balaban J connectivity index is 2.34. The van der Waals surface area contributed by atoms with Crippen molar-refractivity contribution in [1.82, 2.24) is 9.97 Å². The van der Waals surface area contributed by atoms with Crippen LogP contribution in [0.15, 0.2) is 24.3 Å². The number of hydrogen-bond acceptors (Lipinski definition) is 1. The molecule has 0 saturated carbocycles. The summed E-state index contributed by atoms with van der Waals surface area (Å²) >= 11 is 0. The molecule has 2 rings (SSSR count). The highest BCUT2D eigenvalue weighted by molar-refractivity contribution is 5.56. The Hall–Kier alpha value is -1.78. The van der Waals surface area contributed by atoms with Gasteiger partial charge in [-0.05, 0) is 25.5 Å². The van der Waals surface area contributed by atoms with Crippen molar-refractivity contribution in [2.45, 2.75) is 26.4 Å². The smallest absolute Gasteiger partial charge is 0.342 e. The van der Waals surface area contributed by atoms with Gasteiger partial charge in [-0.25, -0.2) is 4.98 Å². The molecule has 0 aliphatic heterocycles. The highest BCUT2D eigenvalue weighted by Crippen LogP contribution is 2.30. The van der Waals surface area contributed by atoms with E-state index in [0.29, 0.717) is 11.4 Å². The first-order valence-corrected chi connectivity index (χ1v) is 5.65. The molecule has 0 aliphatic carbocycles. The molecule has 0 fully saturated rings. The van der Waals surface area contributed by atoms with Crippen LogP contribution in [0.4, 0.5) is 13.2 Å². The molecule has 96 valence electrons. The lowest BCUT2D eigenvalue weighted by atomic mass is 10.1. The Labute approximate surface area is 103 Å². The number of hydrogen-bond donors (Lipinski definition) is 1. The number of imidazole rings is 1. The normalized spacial score (nSPS) is 11.8. The Bertz CT molecular complexity index is 538. The third kappa shape index (κ3) is 2.39. The van der Waals surface area contributed by atoms with Crippen molar-refractivity contribution in [3.63, 3.8) is 0 Å². The fourth-order valence-corrected chi connectivity index (χ4v) is 1.79. The molecule has 5 heteroatoms. The molecule has 1 aromatic carbocycles. The minimum atomic E-state index is -4.30. The molecule has 1 heterocycles. The molecule has 0 saturated heterocycles. The standard InChI is InChI=1S/C13H13F3N2/c1-3-11-8(2)17-12(18-11)9-4-6-10(7-5-9)13(14,15)16/h4-7H,3H2,1-2H3,(H,17,18). The van der Waals surface area contributed by atoms with Crippen LogP contribution in [0.1, 0.15) is 23.9 Å². The van der Waals surface area contributed by atoms with E-state index in [1.54, 1.807) is 0 Å². The minimum Gasteiger partial charge on any atom is -0.342 e. The first-order valence-electron chi connectivity index (χ1n) is 5.65. The zero-order valence-electron chi connectivity index (χ0n) is 10.1. The van der Waals surface area contributed by atoms with Crippen LogP contribution in [-0.4, -0.2) is 9.97 Å². The van der Waals surface area contributed by atoms with Crippen molar-refractivity contribution in [3.05, 3.63) is 41.2 Å². The monoisotopic (exact) mass is 254 g/mol. The largest absolute Gasteiger partial charge is 0.416 e. The lowest BCUT2D eigenvalue weighted by molar-refractivity contribution is -0.137. The quantitative estimate of drug-likeness (QED) is 0.863. The van der Waals surface area contributed by atoms with Crippen LogP contribution in [0, 0.1) is 6.92 Å². The Morgan fingerprint density at radius 2 is 1.78 bits per heavy atom. The second-order valence-electron chi connectivity index (χ2n) is 4.09. The molecule has 0 atom stereocenters. The topological polar surface area (TPSA) is 28.7 Å². The lowest BCUT2D eigenvalue weighted by Gasteiger charge is -2.06. The molecule has 0 amide bonds. The van der Waals surface area contributed by atoms with Gasteiger partial charge in [0, 0.05) is 11.3 Å². The van der Waals surface area contributed by atoms with Gasteiger partial charge in [-0.3, -0.25) is 0 Å². The second-order valence-corrected chi connectivity index (χ2v) is 4.09. The van der Waals surface area contributed by atoms with Gasteiger partial charge in [0.05, 0.1) is 11.3 Å². The van der Waals surface area contributed by atoms with E-state index >= 15 is 0 Å². The number of alkyl halides is 3. The molecule has 0 radical (unpaired) electrons. The third-order valence-corrected chi connectivity index (χ3v) is 2.81. The average Bonchev–Trinajstić information content (AvgIpc) is 2.69. The number of aromatic nitrogens is 2. The van der Waals surface area contributed by atoms with Crippen LogP contribution >= 0.6 is 0 Å². The number of nitrogens with zero attached hydrogens (tertiary/aromatic N) is 1. The fraction of sp³-hybridized carbons (Fsp3) is 0.308. The summed E-state index contributed by atoms with van der Waals surface area (Å²) in [5, 5.41) is 0. The molecule has 0 unspecified atom stereocenters. The van der Waals surface area contributed by atoms with Gasteiger partial charge in [-0.15, -0.1) is 0 Å². The summed E-state index contributed by atoms with van der Waals surface area (Å²) < 4.78 is 37.3. The predicted octanol–water partition coefficient (Wildman–Crippen LogP) is 3.97. The Morgan fingerprint density at radius 3 is 2.22 bits per heavy atom. The van der Waals surface area contributed by atoms with Gasteiger partial charge in [0.2, 0.25) is 0 Å². The van der Waals surface area contributed by atoms with Gasteiger partial charge in [-0.1, -0.05) is 19.1 Å². The Morgan fingerprint density at radius 1 is 1.17 bits per heavy atom. The summed E-state index contributed by atoms with van der Waals surface area (Å²) in [6.45, 7) is 3.89. The summed E-state index contributed by atoms with van der Waals surface area (Å²) in [5.74, 6) is 0.609. The summed E-state index contributed by atoms with van der Waals surface area (Å²) in [4.78, 5) is 7.43. The van der Waals surface area contributed by atoms with E-state index in [1.165, 1.54) is 12.1 Å². The van der Waals surface area contributed by atoms with Gasteiger partial charge >= 0.3 is 6.18 Å². The number of aryl methyl sites for hydroxylation is 2. The fourth-order valence-electron chi connectivity index (χ4n) is 1.79. The van der Waals surface area contributed by atoms with E-state index in [1.807, 2.05) is 13.8 Å². The number of benzene rings is 1. The zero-order valence-corrected chi connectivity index (χ0v) is 10.1. The molecule has 0 bridgehead atoms. The molecule has 18 heavy (non-hydrogen) atoms. The molecule has 2 aromatic rings. The molecular weight excluding hydrogens is 241 g/mol. The highest BCUT2D eigenvalue weighted by atomic mass is 19.4. The highest BCUT2D eigenvalue weighted by Gasteiger charge is 2.30. The number of aromatic amines is 1. The van der Waals surface area contributed by atoms with Gasteiger partial charge in [0.15, 0.2) is 0 Å². The van der Waals surface area contributed by atoms with E-state index in [2.05, 4.69) is 9.97 Å². The van der Waals surface area contributed by atoms with Gasteiger partial charge in [0.1, 0.15) is 5.82 Å². The van der Waals surface area contributed by atoms with Crippen molar-refractivity contribution in [1.29, 1.82) is 0 Å². The molecule has 0 spiro atoms. The van der Waals surface area contributed by atoms with E-state index < -0.39 is 11.7 Å². The van der Waals surface area contributed by atoms with Gasteiger partial charge in [-0.2, -0.15) is 13.2 Å². The zero-order chi connectivity index (χ0) is 13.3. The van der Waals surface area contributed by atoms with Crippen LogP contribution in [0.2, 0.25) is 0 Å². The van der Waals surface area contributed by atoms with E-state index in [9.17, 15) is 13.2 Å². The van der Waals surface area contributed by atoms with Crippen molar-refractivity contribution in [2.24, 2.45) is 0 Å². The predicted molar refractivity (Wildman–Crippen MR) is 63.1 cm³/mol. The SMILES string of the molecule is CCc1nc(-c2ccc(C(F)(F)F)cc2)[nH]c1C. The van der Waals surface area contributed by atoms with Crippen molar-refractivity contribution < 1.29 is 13.2 Å². The molecule has 0 aliphatic rings. The van der Waals surface area contributed by atoms with Crippen LogP contribution in [0.5, 0.6) is 0 Å². The number of nitrogens with one attached hydrogen (secondary N) is 1. The first-order chi connectivity index (χ1) is 8.41. The van der Waals surface area contributed by atoms with Crippen molar-refractivity contribution in [2.75, 3.05) is 0 Å². The Kier molecular flexibility index (Phi) is 3.15. The second kappa shape index (κ2) is 4.48. The summed E-state index contributed by atoms with van der Waals surface area (Å²) in [6.07, 6.45) is -3.50. The summed E-state index contributed by atoms with van der Waals surface area (Å²) in [6, 6.07) is 5.00. The van der Waals surface area contributed by atoms with Crippen LogP contribution in [0.25, 0.3) is 11.4 Å². The summed E-state index contributed by atoms with van der Waals surface area (Å²) in [7, 11) is 0. The van der Waals surface area contributed by atoms with E-state index in [4.69, 9.17) is 0 Å². The van der Waals surface area contributed by atoms with E-state index in [-0.39, 0.29) is 0 Å². The summed E-state index contributed by atoms with van der Waals surface area (Å²) in [5.41, 5.74) is 1.90. The average molecular weight is 254 g/mol. The van der Waals surface area contributed by atoms with Crippen LogP contribution < -0.4 is 0 Å². The van der Waals surface area contributed by atoms with Gasteiger partial charge in [0.25, 0.3) is 0 Å².